The van der Waals surface area contributed by atoms with Crippen LogP contribution in [0.15, 0.2) is 91.0 Å². The minimum Gasteiger partial charge on any atom is -0.507 e. The summed E-state index contributed by atoms with van der Waals surface area (Å²) in [6.45, 7) is 0. The Hall–Kier alpha value is -3.32. The van der Waals surface area contributed by atoms with Crippen LogP contribution in [0.1, 0.15) is 55.2 Å². The third-order valence-electron chi connectivity index (χ3n) is 7.14. The van der Waals surface area contributed by atoms with Gasteiger partial charge in [0.15, 0.2) is 17.3 Å². The van der Waals surface area contributed by atoms with Gasteiger partial charge in [0.2, 0.25) is 0 Å². The second-order valence-corrected chi connectivity index (χ2v) is 12.5. The van der Waals surface area contributed by atoms with E-state index in [1.54, 1.807) is 72.8 Å². The van der Waals surface area contributed by atoms with E-state index in [0.717, 1.165) is 38.5 Å². The van der Waals surface area contributed by atoms with Gasteiger partial charge in [-0.05, 0) is 74.9 Å². The van der Waals surface area contributed by atoms with Gasteiger partial charge in [-0.1, -0.05) is 71.2 Å². The third kappa shape index (κ3) is 12.5. The van der Waals surface area contributed by atoms with Gasteiger partial charge < -0.3 is 15.3 Å². The topological polar surface area (TPSA) is 112 Å². The molecule has 1 radical (unpaired) electrons. The smallest absolute Gasteiger partial charge is 0.507 e. The molecule has 0 spiro atoms. The maximum atomic E-state index is 11.4. The Morgan fingerprint density at radius 1 is 0.500 bits per heavy atom. The number of hydrogen-bond donors (Lipinski definition) is 3. The van der Waals surface area contributed by atoms with Crippen molar-refractivity contribution in [2.24, 2.45) is 17.8 Å². The molecule has 239 valence electrons. The largest absolute Gasteiger partial charge is 3.00 e. The van der Waals surface area contributed by atoms with Crippen LogP contribution in [-0.4, -0.2) is 32.7 Å². The average Bonchev–Trinajstić information content (AvgIpc) is 3.84. The van der Waals surface area contributed by atoms with Gasteiger partial charge in [0, 0.05) is 67.7 Å². The molecule has 0 aromatic heterocycles. The number of hydrogen-bond acceptors (Lipinski definition) is 6. The van der Waals surface area contributed by atoms with E-state index in [9.17, 15) is 29.7 Å². The Morgan fingerprint density at radius 2 is 0.739 bits per heavy atom. The summed E-state index contributed by atoms with van der Waals surface area (Å²) in [7, 11) is 0. The van der Waals surface area contributed by atoms with Crippen LogP contribution in [0.25, 0.3) is 17.3 Å². The molecule has 46 heavy (non-hydrogen) atoms. The van der Waals surface area contributed by atoms with Gasteiger partial charge in [0.25, 0.3) is 0 Å². The standard InChI is InChI=1S/3C12H11ClO2.Fe/c3*13-10-3-1-2-9(6-10)12(15)7-11(14)8-4-5-8;/h3*1-3,6-8,15H,4-5H2;/q;;;+3/b3*12-7-;. The van der Waals surface area contributed by atoms with E-state index in [2.05, 4.69) is 0 Å². The molecule has 0 amide bonds. The van der Waals surface area contributed by atoms with E-state index in [1.165, 1.54) is 18.2 Å². The van der Waals surface area contributed by atoms with E-state index in [0.29, 0.717) is 31.8 Å². The van der Waals surface area contributed by atoms with Crippen LogP contribution >= 0.6 is 34.8 Å². The summed E-state index contributed by atoms with van der Waals surface area (Å²) in [6, 6.07) is 20.4. The number of allylic oxidation sites excluding steroid dienone is 3. The molecule has 0 atom stereocenters. The molecule has 3 N–H and O–H groups in total. The zero-order chi connectivity index (χ0) is 32.5. The molecule has 0 bridgehead atoms. The van der Waals surface area contributed by atoms with Crippen LogP contribution in [0.4, 0.5) is 0 Å². The van der Waals surface area contributed by atoms with E-state index < -0.39 is 0 Å². The van der Waals surface area contributed by atoms with Crippen LogP contribution < -0.4 is 0 Å². The predicted octanol–water partition coefficient (Wildman–Crippen LogP) is 9.65. The molecule has 0 heterocycles. The number of carbonyl (C=O) groups is 3. The summed E-state index contributed by atoms with van der Waals surface area (Å²) in [5, 5.41) is 30.7. The van der Waals surface area contributed by atoms with Crippen molar-refractivity contribution in [3.8, 4) is 0 Å². The Balaban J connectivity index is 0.000000186. The molecule has 6 rings (SSSR count). The van der Waals surface area contributed by atoms with Gasteiger partial charge in [0.1, 0.15) is 17.3 Å². The van der Waals surface area contributed by atoms with Crippen molar-refractivity contribution in [1.29, 1.82) is 0 Å². The summed E-state index contributed by atoms with van der Waals surface area (Å²) in [4.78, 5) is 34.2. The first-order valence-corrected chi connectivity index (χ1v) is 15.7. The summed E-state index contributed by atoms with van der Waals surface area (Å²) >= 11 is 17.3. The zero-order valence-corrected chi connectivity index (χ0v) is 28.1. The Kier molecular flexibility index (Phi) is 14.2. The molecule has 0 unspecified atom stereocenters. The molecule has 3 aromatic carbocycles. The minimum atomic E-state index is -0.00519. The molecule has 0 aliphatic heterocycles. The number of halogens is 3. The number of carbonyl (C=O) groups excluding carboxylic acids is 3. The van der Waals surface area contributed by atoms with Crippen LogP contribution in [0.3, 0.4) is 0 Å². The molecule has 3 fully saturated rings. The molecular formula is C36H33Cl3FeO6+3. The normalized spacial score (nSPS) is 16.1. The molecule has 10 heteroatoms. The van der Waals surface area contributed by atoms with Crippen LogP contribution in [0, 0.1) is 17.8 Å². The Labute approximate surface area is 293 Å². The maximum absolute atomic E-state index is 11.4. The van der Waals surface area contributed by atoms with Crippen molar-refractivity contribution in [3.63, 3.8) is 0 Å². The SMILES string of the molecule is O=C(/C=C(\O)c1cccc(Cl)c1)C1CC1.O=C(/C=C(\O)c1cccc(Cl)c1)C1CC1.O=C(/C=C(\O)c1cccc(Cl)c1)C1CC1.[Fe+3]. The van der Waals surface area contributed by atoms with Gasteiger partial charge in [-0.2, -0.15) is 0 Å². The van der Waals surface area contributed by atoms with Gasteiger partial charge in [-0.25, -0.2) is 0 Å². The fourth-order valence-corrected chi connectivity index (χ4v) is 4.63. The fraction of sp³-hybridized carbons (Fsp3) is 0.250. The van der Waals surface area contributed by atoms with Crippen LogP contribution in [0.5, 0.6) is 0 Å². The first kappa shape index (κ1) is 37.1. The number of ketones is 3. The second-order valence-electron chi connectivity index (χ2n) is 11.1. The zero-order valence-electron chi connectivity index (χ0n) is 24.7. The second kappa shape index (κ2) is 17.6. The molecule has 0 saturated heterocycles. The monoisotopic (exact) mass is 722 g/mol. The Bertz CT molecular complexity index is 1460. The average molecular weight is 724 g/mol. The number of benzene rings is 3. The molecule has 3 aliphatic rings. The molecule has 3 aromatic rings. The third-order valence-corrected chi connectivity index (χ3v) is 7.84. The van der Waals surface area contributed by atoms with Crippen molar-refractivity contribution < 1.29 is 46.8 Å². The van der Waals surface area contributed by atoms with Crippen molar-refractivity contribution in [2.75, 3.05) is 0 Å². The summed E-state index contributed by atoms with van der Waals surface area (Å²) in [5.74, 6) is 0.398. The molecular weight excluding hydrogens is 691 g/mol. The number of aliphatic hydroxyl groups excluding tert-OH is 3. The quantitative estimate of drug-likeness (QED) is 0.115. The van der Waals surface area contributed by atoms with E-state index in [4.69, 9.17) is 34.8 Å². The fourth-order valence-electron chi connectivity index (χ4n) is 4.05. The first-order valence-electron chi connectivity index (χ1n) is 14.6. The van der Waals surface area contributed by atoms with Crippen molar-refractivity contribution in [2.45, 2.75) is 38.5 Å². The Morgan fingerprint density at radius 3 is 0.935 bits per heavy atom. The molecule has 6 nitrogen and oxygen atoms in total. The summed E-state index contributed by atoms with van der Waals surface area (Å²) in [5.41, 5.74) is 1.74. The maximum Gasteiger partial charge on any atom is 3.00 e. The number of aliphatic hydroxyl groups is 3. The predicted molar refractivity (Wildman–Crippen MR) is 179 cm³/mol. The number of rotatable bonds is 9. The van der Waals surface area contributed by atoms with Gasteiger partial charge in [0.05, 0.1) is 0 Å². The van der Waals surface area contributed by atoms with Gasteiger partial charge in [-0.15, -0.1) is 0 Å². The minimum absolute atomic E-state index is 0. The van der Waals surface area contributed by atoms with E-state index in [-0.39, 0.29) is 69.4 Å². The van der Waals surface area contributed by atoms with Crippen LogP contribution in [-0.2, 0) is 31.5 Å². The molecule has 3 saturated carbocycles. The summed E-state index contributed by atoms with van der Waals surface area (Å²) < 4.78 is 0. The van der Waals surface area contributed by atoms with Crippen molar-refractivity contribution >= 4 is 69.4 Å². The van der Waals surface area contributed by atoms with Crippen molar-refractivity contribution in [1.82, 2.24) is 0 Å². The molecule has 3 aliphatic carbocycles. The van der Waals surface area contributed by atoms with Gasteiger partial charge in [-0.3, -0.25) is 14.4 Å². The van der Waals surface area contributed by atoms with Crippen molar-refractivity contribution in [3.05, 3.63) is 123 Å². The first-order chi connectivity index (χ1) is 21.5. The van der Waals surface area contributed by atoms with E-state index >= 15 is 0 Å². The van der Waals surface area contributed by atoms with E-state index in [1.807, 2.05) is 0 Å². The summed E-state index contributed by atoms with van der Waals surface area (Å²) in [6.07, 6.45) is 9.54. The van der Waals surface area contributed by atoms with Gasteiger partial charge >= 0.3 is 17.1 Å². The van der Waals surface area contributed by atoms with Crippen LogP contribution in [0.2, 0.25) is 15.1 Å².